The molecule has 2 aromatic carbocycles. The molecule has 2 amide bonds. The molecule has 0 atom stereocenters. The molecule has 2 aromatic rings. The van der Waals surface area contributed by atoms with E-state index in [9.17, 15) is 9.59 Å². The summed E-state index contributed by atoms with van der Waals surface area (Å²) in [6, 6.07) is 12.1. The van der Waals surface area contributed by atoms with E-state index < -0.39 is 7.26 Å². The van der Waals surface area contributed by atoms with Crippen molar-refractivity contribution >= 4 is 30.5 Å². The van der Waals surface area contributed by atoms with Crippen LogP contribution < -0.4 is 10.6 Å². The number of carbonyl (C=O) groups is 2. The number of rotatable bonds is 8. The zero-order valence-corrected chi connectivity index (χ0v) is 20.7. The summed E-state index contributed by atoms with van der Waals surface area (Å²) in [5, 5.41) is 6.05. The van der Waals surface area contributed by atoms with Crippen molar-refractivity contribution < 1.29 is 9.59 Å². The molecule has 0 saturated heterocycles. The topological polar surface area (TPSA) is 58.2 Å². The second-order valence-electron chi connectivity index (χ2n) is 9.00. The first-order valence-electron chi connectivity index (χ1n) is 11.3. The summed E-state index contributed by atoms with van der Waals surface area (Å²) >= 11 is 0. The van der Waals surface area contributed by atoms with Crippen LogP contribution in [0.15, 0.2) is 36.4 Å². The minimum Gasteiger partial charge on any atom is -0.322 e. The molecule has 0 spiro atoms. The summed E-state index contributed by atoms with van der Waals surface area (Å²) in [5.74, 6) is 0.155. The van der Waals surface area contributed by atoms with Gasteiger partial charge in [-0.05, 0) is 63.8 Å². The van der Waals surface area contributed by atoms with Crippen molar-refractivity contribution in [1.82, 2.24) is 0 Å². The van der Waals surface area contributed by atoms with Crippen LogP contribution in [0.3, 0.4) is 0 Å². The van der Waals surface area contributed by atoms with E-state index in [1.54, 1.807) is 0 Å². The van der Waals surface area contributed by atoms with Gasteiger partial charge in [0.25, 0.3) is 11.8 Å². The Morgan fingerprint density at radius 1 is 0.806 bits per heavy atom. The number of amides is 2. The molecule has 5 heteroatoms. The molecule has 2 N–H and O–H groups in total. The maximum atomic E-state index is 13.6. The minimum absolute atomic E-state index is 0.0422. The Hall–Kier alpha value is -2.19. The van der Waals surface area contributed by atoms with Crippen LogP contribution in [0, 0.1) is 27.7 Å². The second-order valence-corrected chi connectivity index (χ2v) is 13.7. The third kappa shape index (κ3) is 4.41. The number of benzene rings is 2. The number of hydrogen-bond donors (Lipinski definition) is 2. The lowest BCUT2D eigenvalue weighted by Crippen LogP contribution is -2.38. The summed E-state index contributed by atoms with van der Waals surface area (Å²) in [6.45, 7) is 12.4. The van der Waals surface area contributed by atoms with Gasteiger partial charge in [-0.15, -0.1) is 0 Å². The van der Waals surface area contributed by atoms with E-state index in [-0.39, 0.29) is 17.0 Å². The van der Waals surface area contributed by atoms with E-state index in [1.165, 1.54) is 0 Å². The predicted molar refractivity (Wildman–Crippen MR) is 134 cm³/mol. The van der Waals surface area contributed by atoms with E-state index >= 15 is 0 Å². The van der Waals surface area contributed by atoms with Crippen LogP contribution in [0.2, 0.25) is 0 Å². The van der Waals surface area contributed by atoms with Gasteiger partial charge in [0, 0.05) is 31.5 Å². The van der Waals surface area contributed by atoms with Gasteiger partial charge < -0.3 is 10.6 Å². The smallest absolute Gasteiger partial charge is 0.268 e. The fourth-order valence-corrected chi connectivity index (χ4v) is 9.53. The maximum absolute atomic E-state index is 13.6. The van der Waals surface area contributed by atoms with Crippen molar-refractivity contribution in [1.29, 1.82) is 0 Å². The Kier molecular flexibility index (Phi) is 6.91. The Morgan fingerprint density at radius 3 is 1.61 bits per heavy atom. The molecular weight excluding hydrogens is 403 g/mol. The molecule has 3 rings (SSSR count). The van der Waals surface area contributed by atoms with E-state index in [1.807, 2.05) is 64.1 Å². The van der Waals surface area contributed by atoms with E-state index in [0.29, 0.717) is 6.16 Å². The molecule has 1 aliphatic rings. The minimum atomic E-state index is -1.82. The number of aryl methyl sites for hydroxylation is 4. The molecule has 1 saturated carbocycles. The third-order valence-corrected chi connectivity index (χ3v) is 13.0. The molecular formula is C26H36N2O2P+. The number of hydrogen-bond acceptors (Lipinski definition) is 2. The highest BCUT2D eigenvalue weighted by Crippen LogP contribution is 2.77. The van der Waals surface area contributed by atoms with Crippen molar-refractivity contribution in [2.24, 2.45) is 0 Å². The summed E-state index contributed by atoms with van der Waals surface area (Å²) in [4.78, 5) is 26.8. The van der Waals surface area contributed by atoms with Crippen molar-refractivity contribution in [3.8, 4) is 0 Å². The summed E-state index contributed by atoms with van der Waals surface area (Å²) in [7, 11) is -1.82. The average Bonchev–Trinajstić information content (AvgIpc) is 3.54. The van der Waals surface area contributed by atoms with Crippen LogP contribution in [0.1, 0.15) is 48.9 Å². The molecule has 1 fully saturated rings. The molecule has 31 heavy (non-hydrogen) atoms. The van der Waals surface area contributed by atoms with Gasteiger partial charge >= 0.3 is 0 Å². The first-order valence-corrected chi connectivity index (χ1v) is 13.6. The van der Waals surface area contributed by atoms with Gasteiger partial charge in [0.05, 0.1) is 12.3 Å². The molecule has 0 unspecified atom stereocenters. The first-order chi connectivity index (χ1) is 14.7. The molecule has 0 aromatic heterocycles. The second kappa shape index (κ2) is 9.12. The Bertz CT molecular complexity index is 950. The zero-order chi connectivity index (χ0) is 22.8. The van der Waals surface area contributed by atoms with Crippen molar-refractivity contribution in [2.75, 3.05) is 29.1 Å². The highest BCUT2D eigenvalue weighted by atomic mass is 31.2. The van der Waals surface area contributed by atoms with E-state index in [4.69, 9.17) is 0 Å². The number of para-hydroxylation sites is 2. The van der Waals surface area contributed by atoms with Crippen LogP contribution in [0.25, 0.3) is 0 Å². The van der Waals surface area contributed by atoms with Crippen molar-refractivity contribution in [3.63, 3.8) is 0 Å². The van der Waals surface area contributed by atoms with Crippen LogP contribution >= 0.6 is 7.26 Å². The molecule has 0 radical (unpaired) electrons. The lowest BCUT2D eigenvalue weighted by atomic mass is 10.1. The standard InChI is InChI=1S/C26H35N2O2P/c1-7-31(8-2,17-22(29)27-23-18(3)11-9-12-19(23)4)26(15-16-26)25(30)28-24-20(5)13-10-14-21(24)6/h9-14H,7-8,15-17H2,1-6H3,(H-,27,28,29,30)/p+1. The van der Waals surface area contributed by atoms with Crippen LogP contribution in [0.4, 0.5) is 11.4 Å². The highest BCUT2D eigenvalue weighted by molar-refractivity contribution is 7.79. The summed E-state index contributed by atoms with van der Waals surface area (Å²) < 4.78 is 0. The monoisotopic (exact) mass is 439 g/mol. The van der Waals surface area contributed by atoms with Crippen LogP contribution in [-0.2, 0) is 9.59 Å². The first kappa shape index (κ1) is 23.5. The van der Waals surface area contributed by atoms with Gasteiger partial charge in [-0.2, -0.15) is 0 Å². The summed E-state index contributed by atoms with van der Waals surface area (Å²) in [5.41, 5.74) is 6.12. The number of anilines is 2. The average molecular weight is 440 g/mol. The lowest BCUT2D eigenvalue weighted by molar-refractivity contribution is -0.116. The Morgan fingerprint density at radius 2 is 1.23 bits per heavy atom. The van der Waals surface area contributed by atoms with E-state index in [0.717, 1.165) is 58.8 Å². The molecule has 0 heterocycles. The van der Waals surface area contributed by atoms with Gasteiger partial charge in [0.1, 0.15) is 6.16 Å². The Balaban J connectivity index is 1.84. The number of carbonyl (C=O) groups excluding carboxylic acids is 2. The van der Waals surface area contributed by atoms with Gasteiger partial charge in [0.15, 0.2) is 5.16 Å². The number of nitrogens with one attached hydrogen (secondary N) is 2. The third-order valence-electron chi connectivity index (χ3n) is 7.18. The lowest BCUT2D eigenvalue weighted by Gasteiger charge is -2.33. The molecule has 166 valence electrons. The highest BCUT2D eigenvalue weighted by Gasteiger charge is 2.69. The van der Waals surface area contributed by atoms with Gasteiger partial charge in [-0.1, -0.05) is 36.4 Å². The fourth-order valence-electron chi connectivity index (χ4n) is 4.95. The fraction of sp³-hybridized carbons (Fsp3) is 0.462. The molecule has 0 bridgehead atoms. The van der Waals surface area contributed by atoms with E-state index in [2.05, 4.69) is 24.5 Å². The van der Waals surface area contributed by atoms with Crippen LogP contribution in [-0.4, -0.2) is 35.5 Å². The zero-order valence-electron chi connectivity index (χ0n) is 19.8. The normalized spacial score (nSPS) is 14.8. The quantitative estimate of drug-likeness (QED) is 0.489. The predicted octanol–water partition coefficient (Wildman–Crippen LogP) is 6.09. The van der Waals surface area contributed by atoms with Crippen LogP contribution in [0.5, 0.6) is 0 Å². The molecule has 4 nitrogen and oxygen atoms in total. The van der Waals surface area contributed by atoms with Gasteiger partial charge in [-0.25, -0.2) is 0 Å². The van der Waals surface area contributed by atoms with Crippen molar-refractivity contribution in [2.45, 2.75) is 59.5 Å². The SMILES string of the molecule is CC[P+](CC)(CC(=O)Nc1c(C)cccc1C)C1(C(=O)Nc2c(C)cccc2C)CC1. The van der Waals surface area contributed by atoms with Crippen molar-refractivity contribution in [3.05, 3.63) is 58.7 Å². The van der Waals surface area contributed by atoms with Gasteiger partial charge in [-0.3, -0.25) is 9.59 Å². The maximum Gasteiger partial charge on any atom is 0.268 e. The summed E-state index contributed by atoms with van der Waals surface area (Å²) in [6.07, 6.45) is 4.05. The Labute approximate surface area is 187 Å². The molecule has 1 aliphatic carbocycles. The molecule has 0 aliphatic heterocycles. The largest absolute Gasteiger partial charge is 0.322 e. The van der Waals surface area contributed by atoms with Gasteiger partial charge in [0.2, 0.25) is 0 Å².